The molecule has 0 unspecified atom stereocenters. The predicted molar refractivity (Wildman–Crippen MR) is 82.9 cm³/mol. The lowest BCUT2D eigenvalue weighted by Gasteiger charge is -2.14. The number of hydrogen-bond acceptors (Lipinski definition) is 3. The number of likely N-dealkylation sites (tertiary alicyclic amines) is 1. The van der Waals surface area contributed by atoms with Gasteiger partial charge in [0.1, 0.15) is 5.82 Å². The summed E-state index contributed by atoms with van der Waals surface area (Å²) >= 11 is 1.37. The second-order valence-electron chi connectivity index (χ2n) is 5.31. The zero-order valence-corrected chi connectivity index (χ0v) is 12.6. The lowest BCUT2D eigenvalue weighted by molar-refractivity contribution is -0.121. The highest BCUT2D eigenvalue weighted by atomic mass is 32.1. The Morgan fingerprint density at radius 1 is 1.18 bits per heavy atom. The number of benzene rings is 1. The molecule has 1 aromatic heterocycles. The molecule has 6 heteroatoms. The molecule has 0 radical (unpaired) electrons. The first kappa shape index (κ1) is 14.7. The quantitative estimate of drug-likeness (QED) is 0.945. The summed E-state index contributed by atoms with van der Waals surface area (Å²) < 4.78 is 12.9. The number of carbonyl (C=O) groups excluding carboxylic acids is 2. The van der Waals surface area contributed by atoms with Crippen LogP contribution in [-0.4, -0.2) is 29.8 Å². The van der Waals surface area contributed by atoms with Crippen LogP contribution in [0.5, 0.6) is 0 Å². The van der Waals surface area contributed by atoms with Gasteiger partial charge in [-0.15, -0.1) is 11.3 Å². The standard InChI is InChI=1S/C16H15FN2O2S/c17-12-3-1-10(2-4-12)13-5-6-14(22-13)16(21)19-8-7-11(9-19)15(18)20/h1-6,11H,7-9H2,(H2,18,20)/t11-/m1/s1. The molecule has 4 nitrogen and oxygen atoms in total. The molecule has 0 aliphatic carbocycles. The van der Waals surface area contributed by atoms with Crippen molar-refractivity contribution in [2.75, 3.05) is 13.1 Å². The average Bonchev–Trinajstić information content (AvgIpc) is 3.17. The van der Waals surface area contributed by atoms with Crippen molar-refractivity contribution in [1.29, 1.82) is 0 Å². The van der Waals surface area contributed by atoms with E-state index < -0.39 is 0 Å². The van der Waals surface area contributed by atoms with Gasteiger partial charge in [-0.25, -0.2) is 4.39 Å². The Hall–Kier alpha value is -2.21. The number of amides is 2. The average molecular weight is 318 g/mol. The number of nitrogens with zero attached hydrogens (tertiary/aromatic N) is 1. The van der Waals surface area contributed by atoms with Gasteiger partial charge in [0, 0.05) is 18.0 Å². The summed E-state index contributed by atoms with van der Waals surface area (Å²) in [6, 6.07) is 9.79. The topological polar surface area (TPSA) is 63.4 Å². The van der Waals surface area contributed by atoms with Gasteiger partial charge in [-0.2, -0.15) is 0 Å². The maximum absolute atomic E-state index is 12.9. The molecule has 0 spiro atoms. The fourth-order valence-electron chi connectivity index (χ4n) is 2.55. The Bertz CT molecular complexity index is 711. The molecule has 2 heterocycles. The first-order chi connectivity index (χ1) is 10.5. The summed E-state index contributed by atoms with van der Waals surface area (Å²) in [6.07, 6.45) is 0.622. The SMILES string of the molecule is NC(=O)[C@@H]1CCN(C(=O)c2ccc(-c3ccc(F)cc3)s2)C1. The second kappa shape index (κ2) is 5.88. The van der Waals surface area contributed by atoms with Crippen molar-refractivity contribution in [3.63, 3.8) is 0 Å². The van der Waals surface area contributed by atoms with Gasteiger partial charge in [-0.3, -0.25) is 9.59 Å². The summed E-state index contributed by atoms with van der Waals surface area (Å²) in [5, 5.41) is 0. The Morgan fingerprint density at radius 2 is 1.91 bits per heavy atom. The monoisotopic (exact) mass is 318 g/mol. The van der Waals surface area contributed by atoms with Gasteiger partial charge in [-0.1, -0.05) is 12.1 Å². The number of halogens is 1. The summed E-state index contributed by atoms with van der Waals surface area (Å²) in [5.41, 5.74) is 6.16. The molecular weight excluding hydrogens is 303 g/mol. The minimum atomic E-state index is -0.353. The van der Waals surface area contributed by atoms with E-state index in [0.717, 1.165) is 10.4 Å². The van der Waals surface area contributed by atoms with Crippen LogP contribution in [0.25, 0.3) is 10.4 Å². The lowest BCUT2D eigenvalue weighted by Crippen LogP contribution is -2.31. The van der Waals surface area contributed by atoms with Crippen LogP contribution in [0.15, 0.2) is 36.4 Å². The highest BCUT2D eigenvalue weighted by molar-refractivity contribution is 7.17. The summed E-state index contributed by atoms with van der Waals surface area (Å²) in [5.74, 6) is -0.970. The van der Waals surface area contributed by atoms with E-state index in [1.165, 1.54) is 23.5 Å². The Kier molecular flexibility index (Phi) is 3.94. The fraction of sp³-hybridized carbons (Fsp3) is 0.250. The molecule has 0 saturated carbocycles. The zero-order chi connectivity index (χ0) is 15.7. The third kappa shape index (κ3) is 2.87. The molecule has 2 amide bonds. The Balaban J connectivity index is 1.75. The molecule has 1 aliphatic rings. The zero-order valence-electron chi connectivity index (χ0n) is 11.8. The van der Waals surface area contributed by atoms with E-state index in [2.05, 4.69) is 0 Å². The van der Waals surface area contributed by atoms with Crippen LogP contribution in [0.4, 0.5) is 4.39 Å². The van der Waals surface area contributed by atoms with E-state index in [4.69, 9.17) is 5.73 Å². The van der Waals surface area contributed by atoms with E-state index >= 15 is 0 Å². The van der Waals surface area contributed by atoms with Crippen LogP contribution in [-0.2, 0) is 4.79 Å². The smallest absolute Gasteiger partial charge is 0.263 e. The van der Waals surface area contributed by atoms with Gasteiger partial charge in [-0.05, 0) is 36.2 Å². The second-order valence-corrected chi connectivity index (χ2v) is 6.39. The molecule has 1 aromatic carbocycles. The van der Waals surface area contributed by atoms with Gasteiger partial charge in [0.15, 0.2) is 0 Å². The van der Waals surface area contributed by atoms with Crippen molar-refractivity contribution in [1.82, 2.24) is 4.90 Å². The summed E-state index contributed by atoms with van der Waals surface area (Å²) in [6.45, 7) is 0.939. The first-order valence-corrected chi connectivity index (χ1v) is 7.80. The van der Waals surface area contributed by atoms with Crippen molar-refractivity contribution in [2.24, 2.45) is 11.7 Å². The molecule has 1 saturated heterocycles. The van der Waals surface area contributed by atoms with Crippen LogP contribution in [0.1, 0.15) is 16.1 Å². The predicted octanol–water partition coefficient (Wildman–Crippen LogP) is 2.50. The van der Waals surface area contributed by atoms with Crippen LogP contribution < -0.4 is 5.73 Å². The molecule has 1 aliphatic heterocycles. The van der Waals surface area contributed by atoms with Crippen LogP contribution >= 0.6 is 11.3 Å². The van der Waals surface area contributed by atoms with E-state index in [1.54, 1.807) is 23.1 Å². The normalized spacial score (nSPS) is 17.7. The van der Waals surface area contributed by atoms with Crippen molar-refractivity contribution in [3.8, 4) is 10.4 Å². The van der Waals surface area contributed by atoms with E-state index in [0.29, 0.717) is 24.4 Å². The number of primary amides is 1. The highest BCUT2D eigenvalue weighted by Gasteiger charge is 2.30. The molecule has 3 rings (SSSR count). The van der Waals surface area contributed by atoms with Crippen molar-refractivity contribution in [2.45, 2.75) is 6.42 Å². The third-order valence-electron chi connectivity index (χ3n) is 3.82. The maximum Gasteiger partial charge on any atom is 0.263 e. The van der Waals surface area contributed by atoms with Crippen LogP contribution in [0, 0.1) is 11.7 Å². The fourth-order valence-corrected chi connectivity index (χ4v) is 3.53. The molecule has 2 aromatic rings. The number of thiophene rings is 1. The molecule has 2 N–H and O–H groups in total. The molecule has 0 bridgehead atoms. The molecule has 1 fully saturated rings. The first-order valence-electron chi connectivity index (χ1n) is 6.99. The van der Waals surface area contributed by atoms with Gasteiger partial charge < -0.3 is 10.6 Å². The molecule has 22 heavy (non-hydrogen) atoms. The summed E-state index contributed by atoms with van der Waals surface area (Å²) in [7, 11) is 0. The number of hydrogen-bond donors (Lipinski definition) is 1. The maximum atomic E-state index is 12.9. The van der Waals surface area contributed by atoms with E-state index in [9.17, 15) is 14.0 Å². The number of carbonyl (C=O) groups is 2. The van der Waals surface area contributed by atoms with Crippen LogP contribution in [0.2, 0.25) is 0 Å². The van der Waals surface area contributed by atoms with Crippen molar-refractivity contribution in [3.05, 3.63) is 47.1 Å². The van der Waals surface area contributed by atoms with Gasteiger partial charge in [0.2, 0.25) is 5.91 Å². The van der Waals surface area contributed by atoms with Crippen LogP contribution in [0.3, 0.4) is 0 Å². The Morgan fingerprint density at radius 3 is 2.55 bits per heavy atom. The van der Waals surface area contributed by atoms with E-state index in [-0.39, 0.29) is 23.5 Å². The number of nitrogens with two attached hydrogens (primary N) is 1. The summed E-state index contributed by atoms with van der Waals surface area (Å²) in [4.78, 5) is 26.8. The minimum Gasteiger partial charge on any atom is -0.369 e. The van der Waals surface area contributed by atoms with Crippen molar-refractivity contribution < 1.29 is 14.0 Å². The van der Waals surface area contributed by atoms with E-state index in [1.807, 2.05) is 6.07 Å². The van der Waals surface area contributed by atoms with Gasteiger partial charge in [0.05, 0.1) is 10.8 Å². The lowest BCUT2D eigenvalue weighted by atomic mass is 10.1. The molecular formula is C16H15FN2O2S. The van der Waals surface area contributed by atoms with Crippen molar-refractivity contribution >= 4 is 23.2 Å². The molecule has 1 atom stereocenters. The Labute approximate surface area is 131 Å². The molecule has 114 valence electrons. The largest absolute Gasteiger partial charge is 0.369 e. The van der Waals surface area contributed by atoms with Gasteiger partial charge in [0.25, 0.3) is 5.91 Å². The van der Waals surface area contributed by atoms with Gasteiger partial charge >= 0.3 is 0 Å². The number of rotatable bonds is 3. The third-order valence-corrected chi connectivity index (χ3v) is 4.95. The highest BCUT2D eigenvalue weighted by Crippen LogP contribution is 2.30. The minimum absolute atomic E-state index is 0.0814.